The minimum absolute atomic E-state index is 0.182. The van der Waals surface area contributed by atoms with Crippen LogP contribution >= 0.6 is 0 Å². The molecule has 1 aliphatic rings. The van der Waals surface area contributed by atoms with Crippen molar-refractivity contribution >= 4 is 23.3 Å². The standard InChI is InChI=1S/C18H20ClNO11/c1-6-28-18(31-19(23,24)25)16(29-11(3)22)15(17(30-18)20-10(2)21)12-7-8-13(26-4)14(9-12)27-5/h7-9H,6H2,1-5H3. The molecule has 2 rings (SSSR count). The monoisotopic (exact) mass is 461 g/mol. The van der Waals surface area contributed by atoms with E-state index in [2.05, 4.69) is 9.28 Å². The lowest BCUT2D eigenvalue weighted by Gasteiger charge is -2.25. The molecule has 0 spiro atoms. The SMILES string of the molecule is CCOC1(O[Cl+3]([O-])([O-])[O-])OC(=NC(C)=O)C(c2ccc(OC)c(OC)c2)=C1OC(C)=O. The fourth-order valence-corrected chi connectivity index (χ4v) is 3.08. The highest BCUT2D eigenvalue weighted by atomic mass is 35.7. The second kappa shape index (κ2) is 9.60. The van der Waals surface area contributed by atoms with E-state index in [-0.39, 0.29) is 23.5 Å². The zero-order valence-corrected chi connectivity index (χ0v) is 18.0. The number of rotatable bonds is 8. The minimum atomic E-state index is -5.14. The van der Waals surface area contributed by atoms with Crippen LogP contribution in [0, 0.1) is 10.2 Å². The Labute approximate surface area is 179 Å². The molecule has 12 nitrogen and oxygen atoms in total. The third kappa shape index (κ3) is 5.70. The summed E-state index contributed by atoms with van der Waals surface area (Å²) < 4.78 is 64.7. The van der Waals surface area contributed by atoms with Gasteiger partial charge in [0, 0.05) is 13.8 Å². The summed E-state index contributed by atoms with van der Waals surface area (Å²) in [7, 11) is -2.36. The maximum atomic E-state index is 11.8. The average molecular weight is 462 g/mol. The van der Waals surface area contributed by atoms with Crippen LogP contribution in [0.4, 0.5) is 0 Å². The second-order valence-electron chi connectivity index (χ2n) is 5.85. The van der Waals surface area contributed by atoms with E-state index in [0.717, 1.165) is 13.8 Å². The third-order valence-corrected chi connectivity index (χ3v) is 4.05. The van der Waals surface area contributed by atoms with Crippen molar-refractivity contribution in [2.75, 3.05) is 20.8 Å². The molecule has 1 unspecified atom stereocenters. The molecule has 31 heavy (non-hydrogen) atoms. The van der Waals surface area contributed by atoms with Gasteiger partial charge >= 0.3 is 11.9 Å². The smallest absolute Gasteiger partial charge is 0.493 e. The molecule has 0 N–H and O–H groups in total. The summed E-state index contributed by atoms with van der Waals surface area (Å²) in [5.41, 5.74) is 0.0118. The fourth-order valence-electron chi connectivity index (χ4n) is 2.68. The largest absolute Gasteiger partial charge is 0.539 e. The summed E-state index contributed by atoms with van der Waals surface area (Å²) in [5.74, 6) is -5.08. The topological polar surface area (TPSA) is 171 Å². The Morgan fingerprint density at radius 3 is 2.26 bits per heavy atom. The molecule has 1 amide bonds. The number of nitrogens with zero attached hydrogens (tertiary/aromatic N) is 1. The summed E-state index contributed by atoms with van der Waals surface area (Å²) in [4.78, 5) is 27.1. The predicted molar refractivity (Wildman–Crippen MR) is 92.9 cm³/mol. The lowest BCUT2D eigenvalue weighted by atomic mass is 10.0. The maximum Gasteiger partial charge on any atom is 0.539 e. The van der Waals surface area contributed by atoms with E-state index in [0.29, 0.717) is 5.75 Å². The van der Waals surface area contributed by atoms with Gasteiger partial charge in [-0.3, -0.25) is 14.3 Å². The third-order valence-electron chi connectivity index (χ3n) is 3.66. The highest BCUT2D eigenvalue weighted by molar-refractivity contribution is 6.25. The van der Waals surface area contributed by atoms with E-state index in [1.807, 2.05) is 0 Å². The first kappa shape index (κ1) is 24.5. The number of halogens is 1. The highest BCUT2D eigenvalue weighted by Gasteiger charge is 2.64. The molecular formula is C18H20ClNO11. The first-order valence-corrected chi connectivity index (χ1v) is 9.89. The molecule has 1 heterocycles. The van der Waals surface area contributed by atoms with Gasteiger partial charge < -0.3 is 18.9 Å². The fraction of sp³-hybridized carbons (Fsp3) is 0.389. The van der Waals surface area contributed by atoms with Crippen LogP contribution in [0.25, 0.3) is 5.57 Å². The van der Waals surface area contributed by atoms with Gasteiger partial charge in [-0.1, -0.05) is 6.07 Å². The van der Waals surface area contributed by atoms with Gasteiger partial charge in [-0.25, -0.2) is 0 Å². The molecule has 0 saturated carbocycles. The molecule has 1 aromatic rings. The van der Waals surface area contributed by atoms with Crippen LogP contribution in [0.1, 0.15) is 26.3 Å². The van der Waals surface area contributed by atoms with E-state index in [1.165, 1.54) is 39.3 Å². The Morgan fingerprint density at radius 1 is 1.13 bits per heavy atom. The zero-order valence-electron chi connectivity index (χ0n) is 17.3. The Hall–Kier alpha value is -2.74. The van der Waals surface area contributed by atoms with Crippen molar-refractivity contribution in [3.05, 3.63) is 29.5 Å². The maximum absolute atomic E-state index is 11.8. The van der Waals surface area contributed by atoms with E-state index >= 15 is 0 Å². The number of aliphatic imine (C=N–C) groups is 1. The molecule has 0 saturated heterocycles. The highest BCUT2D eigenvalue weighted by Crippen LogP contribution is 2.44. The van der Waals surface area contributed by atoms with Gasteiger partial charge in [-0.2, -0.15) is 19.0 Å². The molecule has 0 aliphatic carbocycles. The molecule has 0 aromatic heterocycles. The van der Waals surface area contributed by atoms with Crippen LogP contribution in [0.2, 0.25) is 0 Å². The molecule has 0 bridgehead atoms. The van der Waals surface area contributed by atoms with E-state index in [4.69, 9.17) is 23.7 Å². The van der Waals surface area contributed by atoms with Gasteiger partial charge in [0.05, 0.1) is 36.6 Å². The van der Waals surface area contributed by atoms with Crippen LogP contribution in [-0.4, -0.2) is 44.6 Å². The number of esters is 1. The lowest BCUT2D eigenvalue weighted by molar-refractivity contribution is -1.92. The van der Waals surface area contributed by atoms with Crippen molar-refractivity contribution in [1.82, 2.24) is 0 Å². The molecule has 1 atom stereocenters. The van der Waals surface area contributed by atoms with Crippen molar-refractivity contribution in [1.29, 1.82) is 0 Å². The van der Waals surface area contributed by atoms with E-state index < -0.39 is 39.7 Å². The molecule has 0 radical (unpaired) electrons. The van der Waals surface area contributed by atoms with Gasteiger partial charge in [0.25, 0.3) is 0 Å². The molecule has 13 heteroatoms. The summed E-state index contributed by atoms with van der Waals surface area (Å²) >= 11 is 0. The van der Waals surface area contributed by atoms with Crippen LogP contribution in [0.3, 0.4) is 0 Å². The number of amides is 1. The molecule has 0 fully saturated rings. The van der Waals surface area contributed by atoms with Gasteiger partial charge in [-0.15, -0.1) is 0 Å². The second-order valence-corrected chi connectivity index (χ2v) is 6.76. The van der Waals surface area contributed by atoms with Crippen LogP contribution in [0.5, 0.6) is 11.5 Å². The molecule has 1 aliphatic heterocycles. The summed E-state index contributed by atoms with van der Waals surface area (Å²) in [5, 5.41) is 0. The number of ether oxygens (including phenoxy) is 5. The summed E-state index contributed by atoms with van der Waals surface area (Å²) in [6.45, 7) is 3.30. The average Bonchev–Trinajstić information content (AvgIpc) is 2.91. The lowest BCUT2D eigenvalue weighted by Crippen LogP contribution is -2.65. The Morgan fingerprint density at radius 2 is 1.77 bits per heavy atom. The van der Waals surface area contributed by atoms with Crippen molar-refractivity contribution in [3.8, 4) is 11.5 Å². The number of carbonyl (C=O) groups excluding carboxylic acids is 2. The van der Waals surface area contributed by atoms with Crippen molar-refractivity contribution in [2.45, 2.75) is 26.7 Å². The van der Waals surface area contributed by atoms with Crippen molar-refractivity contribution < 1.29 is 61.8 Å². The Bertz CT molecular complexity index is 922. The van der Waals surface area contributed by atoms with Crippen LogP contribution in [0.15, 0.2) is 29.0 Å². The van der Waals surface area contributed by atoms with Crippen LogP contribution < -0.4 is 23.5 Å². The zero-order chi connectivity index (χ0) is 23.4. The van der Waals surface area contributed by atoms with Crippen LogP contribution in [-0.2, 0) is 28.1 Å². The number of carbonyl (C=O) groups is 2. The first-order valence-electron chi connectivity index (χ1n) is 8.66. The molecular weight excluding hydrogens is 442 g/mol. The summed E-state index contributed by atoms with van der Waals surface area (Å²) in [6.07, 6.45) is 0. The number of methoxy groups -OCH3 is 2. The Kier molecular flexibility index (Phi) is 7.59. The first-order chi connectivity index (χ1) is 14.5. The quantitative estimate of drug-likeness (QED) is 0.327. The number of hydrogen-bond donors (Lipinski definition) is 0. The number of benzene rings is 1. The minimum Gasteiger partial charge on any atom is -0.493 e. The molecule has 1 aromatic carbocycles. The molecule has 170 valence electrons. The van der Waals surface area contributed by atoms with E-state index in [1.54, 1.807) is 0 Å². The summed E-state index contributed by atoms with van der Waals surface area (Å²) in [6, 6.07) is 4.37. The predicted octanol–water partition coefficient (Wildman–Crippen LogP) is -1.44. The van der Waals surface area contributed by atoms with Gasteiger partial charge in [-0.05, 0) is 24.6 Å². The number of hydrogen-bond acceptors (Lipinski definition) is 11. The van der Waals surface area contributed by atoms with Gasteiger partial charge in [0.1, 0.15) is 0 Å². The van der Waals surface area contributed by atoms with E-state index in [9.17, 15) is 23.6 Å². The normalized spacial score (nSPS) is 19.9. The van der Waals surface area contributed by atoms with Crippen molar-refractivity contribution in [3.63, 3.8) is 0 Å². The Balaban J connectivity index is 2.87. The van der Waals surface area contributed by atoms with Crippen molar-refractivity contribution in [2.24, 2.45) is 4.99 Å². The van der Waals surface area contributed by atoms with Gasteiger partial charge in [0.2, 0.25) is 17.6 Å². The van der Waals surface area contributed by atoms with Gasteiger partial charge in [0.15, 0.2) is 15.8 Å².